The molecule has 1 unspecified atom stereocenters. The molecule has 0 aliphatic rings. The lowest BCUT2D eigenvalue weighted by molar-refractivity contribution is 0.557. The van der Waals surface area contributed by atoms with Crippen molar-refractivity contribution < 1.29 is 0 Å². The molecule has 0 amide bonds. The van der Waals surface area contributed by atoms with Crippen LogP contribution in [0.3, 0.4) is 0 Å². The van der Waals surface area contributed by atoms with Crippen LogP contribution in [-0.4, -0.2) is 19.7 Å². The average molecular weight is 279 g/mol. The van der Waals surface area contributed by atoms with Gasteiger partial charge in [0.1, 0.15) is 0 Å². The highest BCUT2D eigenvalue weighted by Crippen LogP contribution is 2.15. The summed E-state index contributed by atoms with van der Waals surface area (Å²) in [6.45, 7) is 2.83. The van der Waals surface area contributed by atoms with Gasteiger partial charge in [0.15, 0.2) is 0 Å². The molecular formula is C16H17N5. The van der Waals surface area contributed by atoms with Crippen LogP contribution in [0.1, 0.15) is 24.2 Å². The minimum Gasteiger partial charge on any atom is -0.305 e. The van der Waals surface area contributed by atoms with Gasteiger partial charge in [-0.3, -0.25) is 9.97 Å². The summed E-state index contributed by atoms with van der Waals surface area (Å²) in [5.41, 5.74) is 3.22. The number of hydrogen-bond donors (Lipinski definition) is 1. The van der Waals surface area contributed by atoms with Gasteiger partial charge in [-0.2, -0.15) is 5.10 Å². The molecule has 3 rings (SSSR count). The monoisotopic (exact) mass is 279 g/mol. The zero-order valence-electron chi connectivity index (χ0n) is 11.8. The number of nitrogens with zero attached hydrogens (tertiary/aromatic N) is 4. The van der Waals surface area contributed by atoms with E-state index in [0.29, 0.717) is 0 Å². The average Bonchev–Trinajstić information content (AvgIpc) is 3.08. The summed E-state index contributed by atoms with van der Waals surface area (Å²) in [5, 5.41) is 7.77. The highest BCUT2D eigenvalue weighted by atomic mass is 15.3. The molecule has 3 aromatic rings. The van der Waals surface area contributed by atoms with E-state index >= 15 is 0 Å². The molecule has 0 aliphatic carbocycles. The van der Waals surface area contributed by atoms with Crippen molar-refractivity contribution >= 4 is 0 Å². The van der Waals surface area contributed by atoms with Crippen LogP contribution in [0.5, 0.6) is 0 Å². The number of aromatic nitrogens is 4. The number of rotatable bonds is 5. The van der Waals surface area contributed by atoms with Crippen LogP contribution in [0.4, 0.5) is 0 Å². The van der Waals surface area contributed by atoms with Gasteiger partial charge in [-0.15, -0.1) is 0 Å². The third-order valence-corrected chi connectivity index (χ3v) is 3.37. The second-order valence-electron chi connectivity index (χ2n) is 4.81. The van der Waals surface area contributed by atoms with Gasteiger partial charge >= 0.3 is 0 Å². The molecule has 0 fully saturated rings. The quantitative estimate of drug-likeness (QED) is 0.779. The summed E-state index contributed by atoms with van der Waals surface area (Å²) in [5.74, 6) is 0. The van der Waals surface area contributed by atoms with Crippen molar-refractivity contribution in [1.82, 2.24) is 25.1 Å². The standard InChI is InChI=1S/C16H17N5/c1-13(15-12-17-8-9-18-15)19-11-14-5-2-3-6-16(14)21-10-4-7-20-21/h2-10,12-13,19H,11H2,1H3. The fraction of sp³-hybridized carbons (Fsp3) is 0.188. The molecule has 0 radical (unpaired) electrons. The fourth-order valence-corrected chi connectivity index (χ4v) is 2.20. The van der Waals surface area contributed by atoms with Crippen molar-refractivity contribution in [2.24, 2.45) is 0 Å². The lowest BCUT2D eigenvalue weighted by Crippen LogP contribution is -2.20. The van der Waals surface area contributed by atoms with E-state index in [0.717, 1.165) is 17.9 Å². The third-order valence-electron chi connectivity index (χ3n) is 3.37. The van der Waals surface area contributed by atoms with Gasteiger partial charge in [-0.1, -0.05) is 18.2 Å². The second kappa shape index (κ2) is 6.28. The van der Waals surface area contributed by atoms with Crippen molar-refractivity contribution in [3.8, 4) is 5.69 Å². The summed E-state index contributed by atoms with van der Waals surface area (Å²) >= 11 is 0. The fourth-order valence-electron chi connectivity index (χ4n) is 2.20. The molecule has 0 bridgehead atoms. The van der Waals surface area contributed by atoms with Crippen molar-refractivity contribution in [1.29, 1.82) is 0 Å². The minimum atomic E-state index is 0.143. The largest absolute Gasteiger partial charge is 0.305 e. The molecule has 0 saturated heterocycles. The van der Waals surface area contributed by atoms with Gasteiger partial charge in [-0.05, 0) is 24.6 Å². The summed E-state index contributed by atoms with van der Waals surface area (Å²) < 4.78 is 1.88. The van der Waals surface area contributed by atoms with E-state index in [1.807, 2.05) is 29.1 Å². The Hall–Kier alpha value is -2.53. The first kappa shape index (κ1) is 13.5. The Labute approximate surface area is 123 Å². The van der Waals surface area contributed by atoms with Crippen LogP contribution < -0.4 is 5.32 Å². The van der Waals surface area contributed by atoms with E-state index in [4.69, 9.17) is 0 Å². The van der Waals surface area contributed by atoms with Crippen molar-refractivity contribution in [2.75, 3.05) is 0 Å². The van der Waals surface area contributed by atoms with Gasteiger partial charge in [0.05, 0.1) is 11.4 Å². The molecule has 0 aliphatic heterocycles. The van der Waals surface area contributed by atoms with Gasteiger partial charge in [0, 0.05) is 43.6 Å². The van der Waals surface area contributed by atoms with E-state index in [2.05, 4.69) is 39.4 Å². The van der Waals surface area contributed by atoms with Crippen LogP contribution in [0, 0.1) is 0 Å². The first-order chi connectivity index (χ1) is 10.3. The van der Waals surface area contributed by atoms with Crippen molar-refractivity contribution in [3.05, 3.63) is 72.6 Å². The highest BCUT2D eigenvalue weighted by Gasteiger charge is 2.08. The van der Waals surface area contributed by atoms with Gasteiger partial charge in [-0.25, -0.2) is 4.68 Å². The Kier molecular flexibility index (Phi) is 4.02. The maximum Gasteiger partial charge on any atom is 0.0753 e. The number of para-hydroxylation sites is 1. The summed E-state index contributed by atoms with van der Waals surface area (Å²) in [4.78, 5) is 8.42. The first-order valence-electron chi connectivity index (χ1n) is 6.92. The maximum atomic E-state index is 4.32. The van der Waals surface area contributed by atoms with Gasteiger partial charge in [0.2, 0.25) is 0 Å². The number of benzene rings is 1. The molecule has 2 heterocycles. The minimum absolute atomic E-state index is 0.143. The highest BCUT2D eigenvalue weighted by molar-refractivity contribution is 5.40. The van der Waals surface area contributed by atoms with Crippen molar-refractivity contribution in [2.45, 2.75) is 19.5 Å². The molecule has 106 valence electrons. The lowest BCUT2D eigenvalue weighted by Gasteiger charge is -2.15. The SMILES string of the molecule is CC(NCc1ccccc1-n1cccn1)c1cnccn1. The van der Waals surface area contributed by atoms with Crippen LogP contribution in [0.15, 0.2) is 61.3 Å². The Morgan fingerprint density at radius 1 is 1.14 bits per heavy atom. The molecule has 21 heavy (non-hydrogen) atoms. The van der Waals surface area contributed by atoms with E-state index in [9.17, 15) is 0 Å². The Morgan fingerprint density at radius 3 is 2.81 bits per heavy atom. The van der Waals surface area contributed by atoms with E-state index < -0.39 is 0 Å². The Balaban J connectivity index is 1.74. The molecule has 1 aromatic carbocycles. The van der Waals surface area contributed by atoms with E-state index in [1.165, 1.54) is 5.56 Å². The summed E-state index contributed by atoms with van der Waals surface area (Å²) in [6.07, 6.45) is 8.92. The predicted molar refractivity (Wildman–Crippen MR) is 80.9 cm³/mol. The maximum absolute atomic E-state index is 4.32. The number of nitrogens with one attached hydrogen (secondary N) is 1. The van der Waals surface area contributed by atoms with Crippen LogP contribution in [0.2, 0.25) is 0 Å². The first-order valence-corrected chi connectivity index (χ1v) is 6.92. The topological polar surface area (TPSA) is 55.6 Å². The normalized spacial score (nSPS) is 12.2. The third kappa shape index (κ3) is 3.14. The molecule has 5 nitrogen and oxygen atoms in total. The molecule has 5 heteroatoms. The second-order valence-corrected chi connectivity index (χ2v) is 4.81. The Morgan fingerprint density at radius 2 is 2.05 bits per heavy atom. The van der Waals surface area contributed by atoms with Crippen LogP contribution >= 0.6 is 0 Å². The molecular weight excluding hydrogens is 262 g/mol. The molecule has 0 saturated carbocycles. The lowest BCUT2D eigenvalue weighted by atomic mass is 10.1. The van der Waals surface area contributed by atoms with E-state index in [1.54, 1.807) is 24.8 Å². The zero-order valence-corrected chi connectivity index (χ0v) is 11.8. The molecule has 0 spiro atoms. The van der Waals surface area contributed by atoms with Gasteiger partial charge in [0.25, 0.3) is 0 Å². The smallest absolute Gasteiger partial charge is 0.0753 e. The zero-order chi connectivity index (χ0) is 14.5. The molecule has 2 aromatic heterocycles. The van der Waals surface area contributed by atoms with Gasteiger partial charge < -0.3 is 5.32 Å². The molecule has 1 N–H and O–H groups in total. The van der Waals surface area contributed by atoms with Crippen LogP contribution in [0.25, 0.3) is 5.69 Å². The summed E-state index contributed by atoms with van der Waals surface area (Å²) in [6, 6.07) is 10.3. The number of hydrogen-bond acceptors (Lipinski definition) is 4. The predicted octanol–water partition coefficient (Wildman–Crippen LogP) is 2.51. The van der Waals surface area contributed by atoms with Crippen LogP contribution in [-0.2, 0) is 6.54 Å². The summed E-state index contributed by atoms with van der Waals surface area (Å²) in [7, 11) is 0. The van der Waals surface area contributed by atoms with E-state index in [-0.39, 0.29) is 6.04 Å². The van der Waals surface area contributed by atoms with Crippen molar-refractivity contribution in [3.63, 3.8) is 0 Å². The molecule has 1 atom stereocenters. The Bertz CT molecular complexity index is 679.